The van der Waals surface area contributed by atoms with Crippen molar-refractivity contribution in [3.63, 3.8) is 0 Å². The van der Waals surface area contributed by atoms with Crippen molar-refractivity contribution >= 4 is 34.6 Å². The van der Waals surface area contributed by atoms with Gasteiger partial charge in [-0.25, -0.2) is 0 Å². The molecule has 1 aromatic rings. The lowest BCUT2D eigenvalue weighted by atomic mass is 9.84. The van der Waals surface area contributed by atoms with Crippen LogP contribution in [-0.2, 0) is 0 Å². The second-order valence-corrected chi connectivity index (χ2v) is 5.45. The standard InChI is InChI=1S/C15H15Cl2N3/c16-8-14(19)13-5-4-10(9-18)6-15(13)20-12-3-1-2-11(17)7-12/h1-3,7,10H,4-6,8,19H2/b14-13-,20-15?. The van der Waals surface area contributed by atoms with E-state index in [-0.39, 0.29) is 11.8 Å². The minimum atomic E-state index is -0.0141. The monoisotopic (exact) mass is 307 g/mol. The van der Waals surface area contributed by atoms with Gasteiger partial charge >= 0.3 is 0 Å². The summed E-state index contributed by atoms with van der Waals surface area (Å²) in [4.78, 5) is 4.61. The molecule has 1 atom stereocenters. The third-order valence-electron chi connectivity index (χ3n) is 3.32. The van der Waals surface area contributed by atoms with Crippen LogP contribution in [0, 0.1) is 17.2 Å². The number of alkyl halides is 1. The van der Waals surface area contributed by atoms with E-state index in [1.54, 1.807) is 12.1 Å². The van der Waals surface area contributed by atoms with Gasteiger partial charge in [-0.1, -0.05) is 17.7 Å². The molecule has 0 saturated heterocycles. The highest BCUT2D eigenvalue weighted by Gasteiger charge is 2.23. The van der Waals surface area contributed by atoms with Gasteiger partial charge in [0.15, 0.2) is 0 Å². The van der Waals surface area contributed by atoms with E-state index in [9.17, 15) is 0 Å². The zero-order valence-electron chi connectivity index (χ0n) is 10.9. The van der Waals surface area contributed by atoms with Crippen LogP contribution in [-0.4, -0.2) is 11.6 Å². The second-order valence-electron chi connectivity index (χ2n) is 4.74. The van der Waals surface area contributed by atoms with Gasteiger partial charge in [-0.2, -0.15) is 5.26 Å². The van der Waals surface area contributed by atoms with Gasteiger partial charge in [0.2, 0.25) is 0 Å². The Balaban J connectivity index is 2.39. The summed E-state index contributed by atoms with van der Waals surface area (Å²) in [6.45, 7) is 0. The lowest BCUT2D eigenvalue weighted by Gasteiger charge is -2.22. The van der Waals surface area contributed by atoms with Crippen LogP contribution in [0.4, 0.5) is 5.69 Å². The Bertz CT molecular complexity index is 599. The molecule has 1 saturated carbocycles. The van der Waals surface area contributed by atoms with Crippen LogP contribution >= 0.6 is 23.2 Å². The molecular weight excluding hydrogens is 293 g/mol. The molecule has 104 valence electrons. The molecule has 1 aromatic carbocycles. The molecular formula is C15H15Cl2N3. The Morgan fingerprint density at radius 1 is 1.50 bits per heavy atom. The Kier molecular flexibility index (Phi) is 5.05. The first kappa shape index (κ1) is 14.9. The molecule has 1 aliphatic carbocycles. The first-order valence-electron chi connectivity index (χ1n) is 6.40. The maximum atomic E-state index is 9.10. The summed E-state index contributed by atoms with van der Waals surface area (Å²) < 4.78 is 0. The normalized spacial score (nSPS) is 23.4. The summed E-state index contributed by atoms with van der Waals surface area (Å²) in [6, 6.07) is 9.62. The fourth-order valence-corrected chi connectivity index (χ4v) is 2.62. The zero-order valence-corrected chi connectivity index (χ0v) is 12.5. The third kappa shape index (κ3) is 3.53. The largest absolute Gasteiger partial charge is 0.401 e. The quantitative estimate of drug-likeness (QED) is 0.833. The van der Waals surface area contributed by atoms with Gasteiger partial charge in [0.05, 0.1) is 23.6 Å². The van der Waals surface area contributed by atoms with Gasteiger partial charge in [-0.15, -0.1) is 11.6 Å². The van der Waals surface area contributed by atoms with Crippen molar-refractivity contribution in [3.8, 4) is 6.07 Å². The highest BCUT2D eigenvalue weighted by Crippen LogP contribution is 2.30. The van der Waals surface area contributed by atoms with Gasteiger partial charge < -0.3 is 5.73 Å². The van der Waals surface area contributed by atoms with E-state index >= 15 is 0 Å². The number of nitrogens with zero attached hydrogens (tertiary/aromatic N) is 2. The van der Waals surface area contributed by atoms with Crippen LogP contribution in [0.25, 0.3) is 0 Å². The Morgan fingerprint density at radius 2 is 2.30 bits per heavy atom. The summed E-state index contributed by atoms with van der Waals surface area (Å²) in [5.74, 6) is 0.265. The maximum Gasteiger partial charge on any atom is 0.0660 e. The number of benzene rings is 1. The second kappa shape index (κ2) is 6.78. The van der Waals surface area contributed by atoms with Crippen molar-refractivity contribution in [2.24, 2.45) is 16.6 Å². The number of hydrogen-bond acceptors (Lipinski definition) is 3. The van der Waals surface area contributed by atoms with Crippen molar-refractivity contribution in [1.82, 2.24) is 0 Å². The minimum absolute atomic E-state index is 0.0141. The molecule has 1 aliphatic rings. The molecule has 1 unspecified atom stereocenters. The molecule has 0 bridgehead atoms. The molecule has 0 aromatic heterocycles. The number of halogens is 2. The summed E-state index contributed by atoms with van der Waals surface area (Å²) in [6.07, 6.45) is 2.16. The van der Waals surface area contributed by atoms with Gasteiger partial charge in [-0.05, 0) is 36.6 Å². The average Bonchev–Trinajstić information content (AvgIpc) is 2.46. The molecule has 5 heteroatoms. The number of aliphatic imine (C=N–C) groups is 1. The van der Waals surface area contributed by atoms with E-state index in [2.05, 4.69) is 11.1 Å². The summed E-state index contributed by atoms with van der Waals surface area (Å²) >= 11 is 11.8. The lowest BCUT2D eigenvalue weighted by molar-refractivity contribution is 0.600. The van der Waals surface area contributed by atoms with Crippen molar-refractivity contribution in [3.05, 3.63) is 40.6 Å². The minimum Gasteiger partial charge on any atom is -0.401 e. The number of allylic oxidation sites excluding steroid dienone is 2. The number of nitrogens with two attached hydrogens (primary N) is 1. The molecule has 0 aliphatic heterocycles. The highest BCUT2D eigenvalue weighted by atomic mass is 35.5. The fourth-order valence-electron chi connectivity index (χ4n) is 2.27. The molecule has 1 fully saturated rings. The first-order valence-corrected chi connectivity index (χ1v) is 7.32. The molecule has 0 spiro atoms. The summed E-state index contributed by atoms with van der Waals surface area (Å²) in [5, 5.41) is 9.74. The van der Waals surface area contributed by atoms with Crippen LogP contribution in [0.5, 0.6) is 0 Å². The highest BCUT2D eigenvalue weighted by molar-refractivity contribution is 6.30. The Morgan fingerprint density at radius 3 is 2.95 bits per heavy atom. The molecule has 2 N–H and O–H groups in total. The number of rotatable bonds is 2. The van der Waals surface area contributed by atoms with Crippen LogP contribution in [0.1, 0.15) is 19.3 Å². The molecule has 3 nitrogen and oxygen atoms in total. The van der Waals surface area contributed by atoms with Crippen molar-refractivity contribution in [1.29, 1.82) is 5.26 Å². The summed E-state index contributed by atoms with van der Waals surface area (Å²) in [7, 11) is 0. The topological polar surface area (TPSA) is 62.2 Å². The van der Waals surface area contributed by atoms with Gasteiger partial charge in [0.25, 0.3) is 0 Å². The van der Waals surface area contributed by atoms with E-state index in [0.717, 1.165) is 29.8 Å². The maximum absolute atomic E-state index is 9.10. The van der Waals surface area contributed by atoms with Crippen LogP contribution in [0.3, 0.4) is 0 Å². The van der Waals surface area contributed by atoms with Crippen molar-refractivity contribution in [2.45, 2.75) is 19.3 Å². The third-order valence-corrected chi connectivity index (χ3v) is 3.84. The molecule has 20 heavy (non-hydrogen) atoms. The van der Waals surface area contributed by atoms with E-state index in [0.29, 0.717) is 17.1 Å². The number of hydrogen-bond donors (Lipinski definition) is 1. The fraction of sp³-hybridized carbons (Fsp3) is 0.333. The van der Waals surface area contributed by atoms with Crippen molar-refractivity contribution in [2.75, 3.05) is 5.88 Å². The average molecular weight is 308 g/mol. The first-order chi connectivity index (χ1) is 9.63. The van der Waals surface area contributed by atoms with Crippen LogP contribution in [0.15, 0.2) is 40.5 Å². The zero-order chi connectivity index (χ0) is 14.5. The van der Waals surface area contributed by atoms with Crippen LogP contribution in [0.2, 0.25) is 5.02 Å². The van der Waals surface area contributed by atoms with E-state index in [4.69, 9.17) is 34.2 Å². The Labute approximate surface area is 128 Å². The predicted octanol–water partition coefficient (Wildman–Crippen LogP) is 4.19. The van der Waals surface area contributed by atoms with Crippen molar-refractivity contribution < 1.29 is 0 Å². The molecule has 0 radical (unpaired) electrons. The predicted molar refractivity (Wildman–Crippen MR) is 83.4 cm³/mol. The molecule has 0 amide bonds. The van der Waals surface area contributed by atoms with E-state index < -0.39 is 0 Å². The molecule has 0 heterocycles. The van der Waals surface area contributed by atoms with Gasteiger partial charge in [-0.3, -0.25) is 4.99 Å². The Hall–Kier alpha value is -1.50. The van der Waals surface area contributed by atoms with Gasteiger partial charge in [0.1, 0.15) is 0 Å². The van der Waals surface area contributed by atoms with Crippen LogP contribution < -0.4 is 5.73 Å². The summed E-state index contributed by atoms with van der Waals surface area (Å²) in [5.41, 5.74) is 9.21. The molecule has 2 rings (SSSR count). The van der Waals surface area contributed by atoms with E-state index in [1.165, 1.54) is 0 Å². The number of nitriles is 1. The van der Waals surface area contributed by atoms with E-state index in [1.807, 2.05) is 12.1 Å². The SMILES string of the molecule is N#CC1CC/C(=C(/N)CCl)C(=Nc2cccc(Cl)c2)C1. The lowest BCUT2D eigenvalue weighted by Crippen LogP contribution is -2.21. The van der Waals surface area contributed by atoms with Gasteiger partial charge in [0, 0.05) is 22.9 Å². The smallest absolute Gasteiger partial charge is 0.0660 e.